The first kappa shape index (κ1) is 20.9. The van der Waals surface area contributed by atoms with Gasteiger partial charge < -0.3 is 9.64 Å². The molecule has 31 heavy (non-hydrogen) atoms. The third kappa shape index (κ3) is 5.25. The van der Waals surface area contributed by atoms with Gasteiger partial charge in [0.15, 0.2) is 0 Å². The van der Waals surface area contributed by atoms with Crippen molar-refractivity contribution in [2.45, 2.75) is 38.3 Å². The topological polar surface area (TPSA) is 48.9 Å². The predicted molar refractivity (Wildman–Crippen MR) is 122 cm³/mol. The van der Waals surface area contributed by atoms with Crippen LogP contribution >= 0.6 is 0 Å². The number of likely N-dealkylation sites (tertiary alicyclic amines) is 1. The zero-order valence-corrected chi connectivity index (χ0v) is 18.4. The van der Waals surface area contributed by atoms with Gasteiger partial charge in [0.1, 0.15) is 0 Å². The number of hydrogen-bond acceptors (Lipinski definition) is 5. The molecule has 6 heteroatoms. The average Bonchev–Trinajstić information content (AvgIpc) is 3.66. The highest BCUT2D eigenvalue weighted by molar-refractivity contribution is 5.81. The van der Waals surface area contributed by atoms with E-state index in [4.69, 9.17) is 9.72 Å². The summed E-state index contributed by atoms with van der Waals surface area (Å²) in [6, 6.07) is 12.9. The van der Waals surface area contributed by atoms with Crippen molar-refractivity contribution in [3.05, 3.63) is 42.1 Å². The van der Waals surface area contributed by atoms with Crippen LogP contribution in [-0.2, 0) is 16.1 Å². The molecule has 3 heterocycles. The number of amides is 1. The first-order chi connectivity index (χ1) is 15.3. The van der Waals surface area contributed by atoms with Crippen LogP contribution in [-0.4, -0.2) is 84.1 Å². The first-order valence-electron chi connectivity index (χ1n) is 11.9. The van der Waals surface area contributed by atoms with Crippen LogP contribution in [0.15, 0.2) is 36.4 Å². The van der Waals surface area contributed by atoms with Crippen LogP contribution in [0.4, 0.5) is 0 Å². The molecule has 1 atom stereocenters. The Kier molecular flexibility index (Phi) is 6.48. The lowest BCUT2D eigenvalue weighted by molar-refractivity contribution is -0.136. The van der Waals surface area contributed by atoms with Crippen molar-refractivity contribution < 1.29 is 9.53 Å². The minimum Gasteiger partial charge on any atom is -0.379 e. The third-order valence-corrected chi connectivity index (χ3v) is 6.93. The van der Waals surface area contributed by atoms with Gasteiger partial charge in [0.25, 0.3) is 0 Å². The second-order valence-electron chi connectivity index (χ2n) is 9.29. The van der Waals surface area contributed by atoms with Gasteiger partial charge in [-0.3, -0.25) is 19.6 Å². The fourth-order valence-corrected chi connectivity index (χ4v) is 4.97. The number of nitrogens with zero attached hydrogens (tertiary/aromatic N) is 4. The molecule has 1 amide bonds. The number of carbonyl (C=O) groups excluding carboxylic acids is 1. The highest BCUT2D eigenvalue weighted by Crippen LogP contribution is 2.32. The minimum atomic E-state index is 0.280. The van der Waals surface area contributed by atoms with Gasteiger partial charge in [0.2, 0.25) is 5.91 Å². The zero-order valence-electron chi connectivity index (χ0n) is 18.4. The van der Waals surface area contributed by atoms with Crippen molar-refractivity contribution in [1.82, 2.24) is 19.7 Å². The Bertz CT molecular complexity index is 894. The number of rotatable bonds is 7. The second-order valence-corrected chi connectivity index (χ2v) is 9.29. The van der Waals surface area contributed by atoms with E-state index in [0.717, 1.165) is 95.9 Å². The van der Waals surface area contributed by atoms with Crippen molar-refractivity contribution in [3.8, 4) is 0 Å². The predicted octanol–water partition coefficient (Wildman–Crippen LogP) is 2.77. The number of fused-ring (bicyclic) bond motifs is 1. The molecular formula is C25H34N4O2. The van der Waals surface area contributed by atoms with Crippen LogP contribution in [0, 0.1) is 5.92 Å². The smallest absolute Gasteiger partial charge is 0.226 e. The quantitative estimate of drug-likeness (QED) is 0.687. The summed E-state index contributed by atoms with van der Waals surface area (Å²) in [5.41, 5.74) is 2.18. The van der Waals surface area contributed by atoms with E-state index in [1.807, 2.05) is 6.07 Å². The number of para-hydroxylation sites is 1. The maximum absolute atomic E-state index is 13.1. The maximum atomic E-state index is 13.1. The van der Waals surface area contributed by atoms with Crippen LogP contribution in [0.1, 0.15) is 31.4 Å². The highest BCUT2D eigenvalue weighted by atomic mass is 16.5. The molecule has 2 aromatic rings. The van der Waals surface area contributed by atoms with E-state index >= 15 is 0 Å². The van der Waals surface area contributed by atoms with Gasteiger partial charge in [0, 0.05) is 56.6 Å². The number of aromatic nitrogens is 1. The molecule has 0 N–H and O–H groups in total. The van der Waals surface area contributed by atoms with E-state index in [-0.39, 0.29) is 5.92 Å². The van der Waals surface area contributed by atoms with Crippen LogP contribution in [0.2, 0.25) is 0 Å². The summed E-state index contributed by atoms with van der Waals surface area (Å²) >= 11 is 0. The molecule has 0 bridgehead atoms. The third-order valence-electron chi connectivity index (χ3n) is 6.93. The number of hydrogen-bond donors (Lipinski definition) is 0. The van der Waals surface area contributed by atoms with Crippen LogP contribution < -0.4 is 0 Å². The van der Waals surface area contributed by atoms with E-state index in [9.17, 15) is 4.79 Å². The van der Waals surface area contributed by atoms with E-state index in [2.05, 4.69) is 45.0 Å². The summed E-state index contributed by atoms with van der Waals surface area (Å²) in [4.78, 5) is 25.2. The molecule has 0 spiro atoms. The summed E-state index contributed by atoms with van der Waals surface area (Å²) in [5.74, 6) is 0.672. The van der Waals surface area contributed by atoms with Crippen molar-refractivity contribution in [2.75, 3.05) is 52.5 Å². The van der Waals surface area contributed by atoms with Gasteiger partial charge in [-0.25, -0.2) is 0 Å². The normalized spacial score (nSPS) is 23.2. The van der Waals surface area contributed by atoms with Gasteiger partial charge in [-0.15, -0.1) is 0 Å². The molecule has 1 unspecified atom stereocenters. The lowest BCUT2D eigenvalue weighted by Crippen LogP contribution is -2.53. The monoisotopic (exact) mass is 422 g/mol. The van der Waals surface area contributed by atoms with Crippen molar-refractivity contribution >= 4 is 16.8 Å². The Morgan fingerprint density at radius 1 is 1.03 bits per heavy atom. The SMILES string of the molecule is O=C(C1CC1)N(CCN1CCOCC1)C1CCCN(Cc2ccc3ccccc3n2)C1. The van der Waals surface area contributed by atoms with E-state index in [1.165, 1.54) is 5.39 Å². The number of piperidine rings is 1. The lowest BCUT2D eigenvalue weighted by Gasteiger charge is -2.40. The lowest BCUT2D eigenvalue weighted by atomic mass is 10.0. The van der Waals surface area contributed by atoms with Crippen molar-refractivity contribution in [3.63, 3.8) is 0 Å². The Labute approximate surface area is 185 Å². The molecule has 3 fully saturated rings. The van der Waals surface area contributed by atoms with E-state index in [1.54, 1.807) is 0 Å². The number of pyridine rings is 1. The summed E-state index contributed by atoms with van der Waals surface area (Å²) in [7, 11) is 0. The molecule has 6 nitrogen and oxygen atoms in total. The summed E-state index contributed by atoms with van der Waals surface area (Å²) in [6.07, 6.45) is 4.40. The summed E-state index contributed by atoms with van der Waals surface area (Å²) < 4.78 is 5.48. The molecule has 0 radical (unpaired) electrons. The molecular weight excluding hydrogens is 388 g/mol. The largest absolute Gasteiger partial charge is 0.379 e. The average molecular weight is 423 g/mol. The van der Waals surface area contributed by atoms with Gasteiger partial charge in [0.05, 0.1) is 24.4 Å². The Morgan fingerprint density at radius 2 is 1.87 bits per heavy atom. The highest BCUT2D eigenvalue weighted by Gasteiger charge is 2.37. The molecule has 5 rings (SSSR count). The summed E-state index contributed by atoms with van der Waals surface area (Å²) in [5, 5.41) is 1.19. The minimum absolute atomic E-state index is 0.280. The Morgan fingerprint density at radius 3 is 2.71 bits per heavy atom. The number of morpholine rings is 1. The number of ether oxygens (including phenoxy) is 1. The van der Waals surface area contributed by atoms with Crippen LogP contribution in [0.25, 0.3) is 10.9 Å². The molecule has 1 aromatic heterocycles. The molecule has 166 valence electrons. The molecule has 2 aliphatic heterocycles. The number of benzene rings is 1. The zero-order chi connectivity index (χ0) is 21.0. The second kappa shape index (κ2) is 9.63. The van der Waals surface area contributed by atoms with E-state index in [0.29, 0.717) is 11.9 Å². The van der Waals surface area contributed by atoms with Gasteiger partial charge in [-0.1, -0.05) is 24.3 Å². The number of carbonyl (C=O) groups is 1. The van der Waals surface area contributed by atoms with Gasteiger partial charge in [-0.2, -0.15) is 0 Å². The fourth-order valence-electron chi connectivity index (χ4n) is 4.97. The standard InChI is InChI=1S/C25H34N4O2/c30-25(21-7-8-21)29(13-12-27-14-16-31-17-15-27)23-5-3-11-28(19-23)18-22-10-9-20-4-1-2-6-24(20)26-22/h1-2,4,6,9-10,21,23H,3,5,7-8,11-19H2. The van der Waals surface area contributed by atoms with Crippen molar-refractivity contribution in [2.24, 2.45) is 5.92 Å². The van der Waals surface area contributed by atoms with Crippen LogP contribution in [0.3, 0.4) is 0 Å². The molecule has 1 aliphatic carbocycles. The molecule has 1 aromatic carbocycles. The van der Waals surface area contributed by atoms with Gasteiger partial charge >= 0.3 is 0 Å². The Balaban J connectivity index is 1.23. The Hall–Kier alpha value is -2.02. The molecule has 3 aliphatic rings. The van der Waals surface area contributed by atoms with E-state index < -0.39 is 0 Å². The summed E-state index contributed by atoms with van der Waals surface area (Å²) in [6.45, 7) is 8.30. The maximum Gasteiger partial charge on any atom is 0.226 e. The first-order valence-corrected chi connectivity index (χ1v) is 11.9. The van der Waals surface area contributed by atoms with Gasteiger partial charge in [-0.05, 0) is 44.4 Å². The molecule has 1 saturated carbocycles. The van der Waals surface area contributed by atoms with Crippen LogP contribution in [0.5, 0.6) is 0 Å². The molecule has 2 saturated heterocycles. The fraction of sp³-hybridized carbons (Fsp3) is 0.600. The van der Waals surface area contributed by atoms with Crippen molar-refractivity contribution in [1.29, 1.82) is 0 Å².